The number of nitrogens with zero attached hydrogens (tertiary/aromatic N) is 2. The minimum atomic E-state index is -5.50. The van der Waals surface area contributed by atoms with Crippen LogP contribution in [0.5, 0.6) is 0 Å². The molecule has 0 radical (unpaired) electrons. The molecule has 0 heterocycles. The molecule has 0 aromatic heterocycles. The highest BCUT2D eigenvalue weighted by atomic mass is 32.2. The van der Waals surface area contributed by atoms with E-state index < -0.39 is 15.5 Å². The molecule has 0 aliphatic heterocycles. The predicted octanol–water partition coefficient (Wildman–Crippen LogP) is 4.49. The van der Waals surface area contributed by atoms with Crippen LogP contribution in [-0.2, 0) is 10.0 Å². The van der Waals surface area contributed by atoms with Crippen molar-refractivity contribution in [3.05, 3.63) is 29.3 Å². The highest BCUT2D eigenvalue weighted by Gasteiger charge is 2.46. The average Bonchev–Trinajstić information content (AvgIpc) is 2.52. The smallest absolute Gasteiger partial charge is 0.297 e. The first-order chi connectivity index (χ1) is 11.9. The number of halogens is 3. The van der Waals surface area contributed by atoms with E-state index in [-0.39, 0.29) is 11.7 Å². The molecule has 1 aromatic rings. The summed E-state index contributed by atoms with van der Waals surface area (Å²) >= 11 is 0. The maximum atomic E-state index is 12.7. The van der Waals surface area contributed by atoms with E-state index in [2.05, 4.69) is 12.0 Å². The molecular weight excluding hydrogens is 367 g/mol. The van der Waals surface area contributed by atoms with Gasteiger partial charge in [-0.25, -0.2) is 0 Å². The molecule has 0 amide bonds. The molecule has 1 aromatic carbocycles. The van der Waals surface area contributed by atoms with Gasteiger partial charge in [-0.05, 0) is 38.8 Å². The normalized spacial score (nSPS) is 14.2. The van der Waals surface area contributed by atoms with Crippen molar-refractivity contribution in [3.8, 4) is 0 Å². The summed E-state index contributed by atoms with van der Waals surface area (Å²) in [5.41, 5.74) is -3.99. The fraction of sp³-hybridized carbons (Fsp3) is 0.588. The molecule has 0 aliphatic carbocycles. The van der Waals surface area contributed by atoms with Crippen molar-refractivity contribution in [2.45, 2.75) is 58.5 Å². The molecule has 5 nitrogen and oxygen atoms in total. The van der Waals surface area contributed by atoms with Crippen molar-refractivity contribution in [2.24, 2.45) is 5.10 Å². The van der Waals surface area contributed by atoms with Crippen molar-refractivity contribution >= 4 is 21.4 Å². The van der Waals surface area contributed by atoms with E-state index in [1.165, 1.54) is 6.07 Å². The molecule has 0 spiro atoms. The Morgan fingerprint density at radius 3 is 2.42 bits per heavy atom. The standard InChI is InChI=1S/C17H26F3N3O2S/c1-6-8-14(7-2)23(5)21-13(4)15-11-12(3)9-10-16(15)22-26(24,25)17(18,19)20/h9-11,14,22H,6-8H2,1-5H3/b21-13+. The number of hydrogen-bond donors (Lipinski definition) is 1. The summed E-state index contributed by atoms with van der Waals surface area (Å²) in [6.45, 7) is 7.53. The molecule has 0 aliphatic rings. The Balaban J connectivity index is 3.27. The molecule has 1 atom stereocenters. The third-order valence-electron chi connectivity index (χ3n) is 4.04. The molecule has 9 heteroatoms. The van der Waals surface area contributed by atoms with Crippen LogP contribution in [-0.4, -0.2) is 37.7 Å². The predicted molar refractivity (Wildman–Crippen MR) is 98.7 cm³/mol. The van der Waals surface area contributed by atoms with Crippen molar-refractivity contribution in [2.75, 3.05) is 11.8 Å². The second kappa shape index (κ2) is 8.75. The zero-order valence-electron chi connectivity index (χ0n) is 15.7. The van der Waals surface area contributed by atoms with Crippen LogP contribution in [0.25, 0.3) is 0 Å². The summed E-state index contributed by atoms with van der Waals surface area (Å²) in [6, 6.07) is 4.67. The van der Waals surface area contributed by atoms with Crippen LogP contribution in [0.2, 0.25) is 0 Å². The zero-order valence-corrected chi connectivity index (χ0v) is 16.5. The number of nitrogens with one attached hydrogen (secondary N) is 1. The van der Waals surface area contributed by atoms with Gasteiger partial charge in [0, 0.05) is 18.7 Å². The van der Waals surface area contributed by atoms with E-state index in [4.69, 9.17) is 0 Å². The number of sulfonamides is 1. The van der Waals surface area contributed by atoms with Crippen LogP contribution in [0, 0.1) is 6.92 Å². The number of hydrazone groups is 1. The van der Waals surface area contributed by atoms with E-state index in [0.29, 0.717) is 11.3 Å². The Morgan fingerprint density at radius 2 is 1.92 bits per heavy atom. The molecule has 1 N–H and O–H groups in total. The topological polar surface area (TPSA) is 61.8 Å². The van der Waals surface area contributed by atoms with Crippen LogP contribution in [0.3, 0.4) is 0 Å². The SMILES string of the molecule is CCCC(CC)N(C)/N=C(\C)c1cc(C)ccc1NS(=O)(=O)C(F)(F)F. The minimum absolute atomic E-state index is 0.147. The van der Waals surface area contributed by atoms with Gasteiger partial charge in [0.2, 0.25) is 0 Å². The summed E-state index contributed by atoms with van der Waals surface area (Å²) < 4.78 is 62.6. The molecule has 0 bridgehead atoms. The quantitative estimate of drug-likeness (QED) is 0.523. The first-order valence-electron chi connectivity index (χ1n) is 8.41. The van der Waals surface area contributed by atoms with Gasteiger partial charge in [-0.2, -0.15) is 26.7 Å². The van der Waals surface area contributed by atoms with Gasteiger partial charge in [0.25, 0.3) is 0 Å². The van der Waals surface area contributed by atoms with E-state index >= 15 is 0 Å². The van der Waals surface area contributed by atoms with Crippen LogP contribution < -0.4 is 4.72 Å². The lowest BCUT2D eigenvalue weighted by Crippen LogP contribution is -2.31. The lowest BCUT2D eigenvalue weighted by Gasteiger charge is -2.25. The van der Waals surface area contributed by atoms with Crippen molar-refractivity contribution in [3.63, 3.8) is 0 Å². The first kappa shape index (κ1) is 22.3. The highest BCUT2D eigenvalue weighted by molar-refractivity contribution is 7.93. The number of hydrogen-bond acceptors (Lipinski definition) is 4. The number of anilines is 1. The van der Waals surface area contributed by atoms with Crippen LogP contribution in [0.1, 0.15) is 51.2 Å². The third kappa shape index (κ3) is 5.62. The largest absolute Gasteiger partial charge is 0.516 e. The lowest BCUT2D eigenvalue weighted by molar-refractivity contribution is -0.0429. The number of aryl methyl sites for hydroxylation is 1. The van der Waals surface area contributed by atoms with Crippen molar-refractivity contribution in [1.82, 2.24) is 5.01 Å². The molecule has 0 saturated carbocycles. The second-order valence-corrected chi connectivity index (χ2v) is 7.88. The fourth-order valence-corrected chi connectivity index (χ4v) is 3.19. The minimum Gasteiger partial charge on any atom is -0.297 e. The third-order valence-corrected chi connectivity index (χ3v) is 5.14. The molecule has 1 unspecified atom stereocenters. The van der Waals surface area contributed by atoms with Gasteiger partial charge in [-0.3, -0.25) is 9.73 Å². The summed E-state index contributed by atoms with van der Waals surface area (Å²) in [5, 5.41) is 6.25. The van der Waals surface area contributed by atoms with Crippen molar-refractivity contribution in [1.29, 1.82) is 0 Å². The fourth-order valence-electron chi connectivity index (χ4n) is 2.61. The Hall–Kier alpha value is -1.77. The molecule has 26 heavy (non-hydrogen) atoms. The molecule has 0 saturated heterocycles. The van der Waals surface area contributed by atoms with Gasteiger partial charge in [0.05, 0.1) is 11.4 Å². The second-order valence-electron chi connectivity index (χ2n) is 6.21. The van der Waals surface area contributed by atoms with Crippen LogP contribution in [0.15, 0.2) is 23.3 Å². The Kier molecular flexibility index (Phi) is 7.49. The van der Waals surface area contributed by atoms with E-state index in [1.54, 1.807) is 35.7 Å². The number of alkyl halides is 3. The van der Waals surface area contributed by atoms with Crippen molar-refractivity contribution < 1.29 is 21.6 Å². The Morgan fingerprint density at radius 1 is 1.31 bits per heavy atom. The first-order valence-corrected chi connectivity index (χ1v) is 9.89. The number of rotatable bonds is 8. The van der Waals surface area contributed by atoms with Crippen LogP contribution >= 0.6 is 0 Å². The molecule has 1 rings (SSSR count). The van der Waals surface area contributed by atoms with Gasteiger partial charge < -0.3 is 0 Å². The van der Waals surface area contributed by atoms with E-state index in [0.717, 1.165) is 24.8 Å². The summed E-state index contributed by atoms with van der Waals surface area (Å²) in [6.07, 6.45) is 2.80. The van der Waals surface area contributed by atoms with Gasteiger partial charge in [-0.15, -0.1) is 0 Å². The van der Waals surface area contributed by atoms with Gasteiger partial charge in [-0.1, -0.05) is 31.9 Å². The molecular formula is C17H26F3N3O2S. The molecule has 0 fully saturated rings. The maximum absolute atomic E-state index is 12.7. The van der Waals surface area contributed by atoms with E-state index in [9.17, 15) is 21.6 Å². The van der Waals surface area contributed by atoms with Gasteiger partial charge in [0.15, 0.2) is 0 Å². The average molecular weight is 393 g/mol. The van der Waals surface area contributed by atoms with Gasteiger partial charge in [0.1, 0.15) is 0 Å². The van der Waals surface area contributed by atoms with Crippen LogP contribution in [0.4, 0.5) is 18.9 Å². The maximum Gasteiger partial charge on any atom is 0.516 e. The molecule has 148 valence electrons. The highest BCUT2D eigenvalue weighted by Crippen LogP contribution is 2.28. The summed E-state index contributed by atoms with van der Waals surface area (Å²) in [5.74, 6) is 0. The Bertz CT molecular complexity index is 746. The van der Waals surface area contributed by atoms with E-state index in [1.807, 2.05) is 14.0 Å². The summed E-state index contributed by atoms with van der Waals surface area (Å²) in [7, 11) is -3.69. The lowest BCUT2D eigenvalue weighted by atomic mass is 10.1. The van der Waals surface area contributed by atoms with Gasteiger partial charge >= 0.3 is 15.5 Å². The monoisotopic (exact) mass is 393 g/mol. The zero-order chi connectivity index (χ0) is 20.1. The Labute approximate surface area is 153 Å². The number of benzene rings is 1. The summed E-state index contributed by atoms with van der Waals surface area (Å²) in [4.78, 5) is 0.